The molecule has 9 heteroatoms. The number of fused-ring (bicyclic) bond motifs is 1. The van der Waals surface area contributed by atoms with E-state index in [4.69, 9.17) is 10.5 Å². The van der Waals surface area contributed by atoms with Gasteiger partial charge in [-0.25, -0.2) is 0 Å². The number of aromatic nitrogens is 2. The third kappa shape index (κ3) is 4.75. The highest BCUT2D eigenvalue weighted by Crippen LogP contribution is 2.40. The monoisotopic (exact) mass is 411 g/mol. The molecular formula is C18H29N5O2S2. The number of rotatable bonds is 7. The Labute approximate surface area is 169 Å². The minimum absolute atomic E-state index is 0.194. The number of carbonyl (C=O) groups excluding carboxylic acids is 1. The highest BCUT2D eigenvalue weighted by Gasteiger charge is 2.44. The normalized spacial score (nSPS) is 30.7. The Balaban J connectivity index is 1.31. The Hall–Kier alpha value is -0.900. The first kappa shape index (κ1) is 19.4. The molecule has 150 valence electrons. The van der Waals surface area contributed by atoms with E-state index < -0.39 is 0 Å². The van der Waals surface area contributed by atoms with E-state index in [-0.39, 0.29) is 5.91 Å². The molecule has 1 amide bonds. The number of likely N-dealkylation sites (N-methyl/N-ethyl adjacent to an activating group) is 1. The summed E-state index contributed by atoms with van der Waals surface area (Å²) in [6.07, 6.45) is 5.15. The molecule has 1 saturated heterocycles. The molecule has 4 atom stereocenters. The average Bonchev–Trinajstić information content (AvgIpc) is 3.23. The number of nitrogens with two attached hydrogens (primary N) is 1. The Morgan fingerprint density at radius 3 is 2.67 bits per heavy atom. The first-order valence-corrected chi connectivity index (χ1v) is 11.6. The van der Waals surface area contributed by atoms with Crippen LogP contribution in [0.5, 0.6) is 0 Å². The highest BCUT2D eigenvalue weighted by molar-refractivity contribution is 8.01. The summed E-state index contributed by atoms with van der Waals surface area (Å²) in [5.41, 5.74) is 5.60. The van der Waals surface area contributed by atoms with Crippen LogP contribution in [0.2, 0.25) is 0 Å². The quantitative estimate of drug-likeness (QED) is 0.685. The Bertz CT molecular complexity index is 666. The van der Waals surface area contributed by atoms with Gasteiger partial charge in [0.25, 0.3) is 0 Å². The predicted molar refractivity (Wildman–Crippen MR) is 108 cm³/mol. The fraction of sp³-hybridized carbons (Fsp3) is 0.833. The maximum atomic E-state index is 12.7. The van der Waals surface area contributed by atoms with E-state index in [9.17, 15) is 4.79 Å². The smallest absolute Gasteiger partial charge is 0.233 e. The van der Waals surface area contributed by atoms with Crippen molar-refractivity contribution in [3.05, 3.63) is 0 Å². The van der Waals surface area contributed by atoms with Gasteiger partial charge in [-0.05, 0) is 57.5 Å². The third-order valence-electron chi connectivity index (χ3n) is 6.09. The van der Waals surface area contributed by atoms with Crippen molar-refractivity contribution in [3.8, 4) is 0 Å². The molecular weight excluding hydrogens is 382 g/mol. The molecule has 3 fully saturated rings. The summed E-state index contributed by atoms with van der Waals surface area (Å²) in [5.74, 6) is 2.55. The van der Waals surface area contributed by atoms with Gasteiger partial charge in [0.1, 0.15) is 0 Å². The molecule has 4 rings (SSSR count). The van der Waals surface area contributed by atoms with Crippen molar-refractivity contribution in [1.82, 2.24) is 20.0 Å². The van der Waals surface area contributed by atoms with Gasteiger partial charge in [-0.1, -0.05) is 23.1 Å². The second-order valence-electron chi connectivity index (χ2n) is 8.33. The van der Waals surface area contributed by atoms with Crippen LogP contribution in [0.15, 0.2) is 4.34 Å². The van der Waals surface area contributed by atoms with Crippen LogP contribution in [-0.2, 0) is 9.53 Å². The second-order valence-corrected chi connectivity index (χ2v) is 10.6. The number of hydrogen-bond donors (Lipinski definition) is 1. The Morgan fingerprint density at radius 2 is 2.04 bits per heavy atom. The van der Waals surface area contributed by atoms with Crippen molar-refractivity contribution in [2.45, 2.75) is 42.2 Å². The van der Waals surface area contributed by atoms with E-state index in [2.05, 4.69) is 29.2 Å². The van der Waals surface area contributed by atoms with Crippen molar-refractivity contribution >= 4 is 34.1 Å². The number of ether oxygens (including phenoxy) is 1. The Morgan fingerprint density at radius 1 is 1.30 bits per heavy atom. The fourth-order valence-electron chi connectivity index (χ4n) is 4.35. The van der Waals surface area contributed by atoms with Crippen molar-refractivity contribution in [2.75, 3.05) is 45.3 Å². The van der Waals surface area contributed by atoms with Crippen LogP contribution in [0.1, 0.15) is 25.7 Å². The van der Waals surface area contributed by atoms with Gasteiger partial charge in [0.15, 0.2) is 4.34 Å². The lowest BCUT2D eigenvalue weighted by Gasteiger charge is -2.41. The molecule has 0 aromatic carbocycles. The zero-order valence-corrected chi connectivity index (χ0v) is 17.7. The second kappa shape index (κ2) is 8.23. The number of nitrogen functional groups attached to an aromatic ring is 1. The van der Waals surface area contributed by atoms with Gasteiger partial charge >= 0.3 is 0 Å². The summed E-state index contributed by atoms with van der Waals surface area (Å²) >= 11 is 2.77. The van der Waals surface area contributed by atoms with Gasteiger partial charge in [0.2, 0.25) is 11.0 Å². The van der Waals surface area contributed by atoms with Crippen LogP contribution in [0.25, 0.3) is 0 Å². The molecule has 2 saturated carbocycles. The van der Waals surface area contributed by atoms with Crippen molar-refractivity contribution in [2.24, 2.45) is 17.8 Å². The summed E-state index contributed by atoms with van der Waals surface area (Å²) in [4.78, 5) is 17.0. The van der Waals surface area contributed by atoms with Crippen LogP contribution in [-0.4, -0.2) is 77.6 Å². The number of anilines is 1. The summed E-state index contributed by atoms with van der Waals surface area (Å²) in [5, 5.41) is 8.23. The maximum Gasteiger partial charge on any atom is 0.233 e. The van der Waals surface area contributed by atoms with Crippen LogP contribution in [0, 0.1) is 17.8 Å². The van der Waals surface area contributed by atoms with Crippen LogP contribution in [0.4, 0.5) is 5.13 Å². The van der Waals surface area contributed by atoms with Crippen LogP contribution >= 0.6 is 23.1 Å². The fourth-order valence-corrected chi connectivity index (χ4v) is 5.89. The topological polar surface area (TPSA) is 84.6 Å². The van der Waals surface area contributed by atoms with Crippen molar-refractivity contribution in [3.63, 3.8) is 0 Å². The molecule has 1 aliphatic heterocycles. The maximum absolute atomic E-state index is 12.7. The van der Waals surface area contributed by atoms with Gasteiger partial charge in [0.05, 0.1) is 11.9 Å². The lowest BCUT2D eigenvalue weighted by Crippen LogP contribution is -2.48. The van der Waals surface area contributed by atoms with Crippen LogP contribution < -0.4 is 5.73 Å². The van der Waals surface area contributed by atoms with Gasteiger partial charge in [0, 0.05) is 25.7 Å². The van der Waals surface area contributed by atoms with E-state index in [0.29, 0.717) is 34.9 Å². The number of nitrogens with zero attached hydrogens (tertiary/aromatic N) is 4. The molecule has 2 N–H and O–H groups in total. The molecule has 1 aromatic rings. The summed E-state index contributed by atoms with van der Waals surface area (Å²) in [6, 6.07) is 0.457. The van der Waals surface area contributed by atoms with Crippen LogP contribution in [0.3, 0.4) is 0 Å². The van der Waals surface area contributed by atoms with E-state index >= 15 is 0 Å². The number of carbonyl (C=O) groups is 1. The van der Waals surface area contributed by atoms with Gasteiger partial charge in [-0.15, -0.1) is 10.2 Å². The molecule has 27 heavy (non-hydrogen) atoms. The standard InChI is InChI=1S/C18H29N5O2S2/c1-22(2)14-5-12-7-23(16(24)10-26-18-21-20-17(19)27-18)8-13(12)6-15(14)25-9-11-3-4-11/h11-15H,3-10H2,1-2H3,(H2,19,20)/t12-,13+,14-,15-/m1/s1. The van der Waals surface area contributed by atoms with Gasteiger partial charge < -0.3 is 20.3 Å². The summed E-state index contributed by atoms with van der Waals surface area (Å²) < 4.78 is 7.08. The molecule has 2 aliphatic carbocycles. The number of likely N-dealkylation sites (tertiary alicyclic amines) is 1. The molecule has 3 aliphatic rings. The molecule has 0 radical (unpaired) electrons. The number of hydrogen-bond acceptors (Lipinski definition) is 8. The minimum atomic E-state index is 0.194. The molecule has 7 nitrogen and oxygen atoms in total. The summed E-state index contributed by atoms with van der Waals surface area (Å²) in [6.45, 7) is 2.66. The van der Waals surface area contributed by atoms with Gasteiger partial charge in [-0.3, -0.25) is 4.79 Å². The Kier molecular flexibility index (Phi) is 5.92. The molecule has 0 spiro atoms. The zero-order valence-electron chi connectivity index (χ0n) is 16.0. The van der Waals surface area contributed by atoms with E-state index in [0.717, 1.165) is 42.8 Å². The summed E-state index contributed by atoms with van der Waals surface area (Å²) in [7, 11) is 4.31. The molecule has 0 unspecified atom stereocenters. The highest BCUT2D eigenvalue weighted by atomic mass is 32.2. The number of amides is 1. The average molecular weight is 412 g/mol. The SMILES string of the molecule is CN(C)[C@@H]1C[C@@H]2CN(C(=O)CSc3nnc(N)s3)C[C@@H]2C[C@H]1OCC1CC1. The molecule has 2 heterocycles. The van der Waals surface area contributed by atoms with E-state index in [1.807, 2.05) is 4.90 Å². The lowest BCUT2D eigenvalue weighted by molar-refractivity contribution is -0.127. The van der Waals surface area contributed by atoms with Gasteiger partial charge in [-0.2, -0.15) is 0 Å². The minimum Gasteiger partial charge on any atom is -0.376 e. The third-order valence-corrected chi connectivity index (χ3v) is 7.96. The van der Waals surface area contributed by atoms with E-state index in [1.54, 1.807) is 0 Å². The largest absolute Gasteiger partial charge is 0.376 e. The van der Waals surface area contributed by atoms with E-state index in [1.165, 1.54) is 35.9 Å². The lowest BCUT2D eigenvalue weighted by atomic mass is 9.77. The molecule has 0 bridgehead atoms. The first-order chi connectivity index (χ1) is 13.0. The first-order valence-electron chi connectivity index (χ1n) is 9.77. The zero-order chi connectivity index (χ0) is 19.0. The predicted octanol–water partition coefficient (Wildman–Crippen LogP) is 1.81. The number of thioether (sulfide) groups is 1. The molecule has 1 aromatic heterocycles. The van der Waals surface area contributed by atoms with Crippen molar-refractivity contribution in [1.29, 1.82) is 0 Å². The van der Waals surface area contributed by atoms with Crippen molar-refractivity contribution < 1.29 is 9.53 Å².